The molecule has 0 spiro atoms. The molecule has 0 aliphatic carbocycles. The number of piperazine rings is 1. The summed E-state index contributed by atoms with van der Waals surface area (Å²) >= 11 is 0. The van der Waals surface area contributed by atoms with Gasteiger partial charge in [-0.15, -0.1) is 0 Å². The van der Waals surface area contributed by atoms with Gasteiger partial charge in [0.1, 0.15) is 0 Å². The first-order valence-corrected chi connectivity index (χ1v) is 5.94. The molecule has 0 aromatic rings. The molecule has 2 N–H and O–H groups in total. The van der Waals surface area contributed by atoms with Crippen LogP contribution in [0.4, 0.5) is 0 Å². The Kier molecular flexibility index (Phi) is 6.37. The van der Waals surface area contributed by atoms with Gasteiger partial charge in [-0.25, -0.2) is 0 Å². The Morgan fingerprint density at radius 3 is 3.12 bits per heavy atom. The second-order valence-electron chi connectivity index (χ2n) is 4.22. The van der Waals surface area contributed by atoms with E-state index in [1.54, 1.807) is 7.11 Å². The van der Waals surface area contributed by atoms with Gasteiger partial charge in [0, 0.05) is 45.9 Å². The Labute approximate surface area is 97.5 Å². The molecule has 0 saturated carbocycles. The molecule has 0 radical (unpaired) electrons. The van der Waals surface area contributed by atoms with Crippen molar-refractivity contribution >= 4 is 5.91 Å². The molecule has 5 nitrogen and oxygen atoms in total. The SMILES string of the molecule is COCCCNC(=O)CN1CCNCC1C. The Hall–Kier alpha value is -0.650. The largest absolute Gasteiger partial charge is 0.385 e. The zero-order valence-electron chi connectivity index (χ0n) is 10.3. The zero-order valence-corrected chi connectivity index (χ0v) is 10.3. The highest BCUT2D eigenvalue weighted by Gasteiger charge is 2.19. The van der Waals surface area contributed by atoms with Crippen LogP contribution in [0.1, 0.15) is 13.3 Å². The van der Waals surface area contributed by atoms with Crippen molar-refractivity contribution in [1.82, 2.24) is 15.5 Å². The van der Waals surface area contributed by atoms with Crippen molar-refractivity contribution in [2.45, 2.75) is 19.4 Å². The molecule has 5 heteroatoms. The summed E-state index contributed by atoms with van der Waals surface area (Å²) in [5, 5.41) is 6.21. The minimum atomic E-state index is 0.116. The van der Waals surface area contributed by atoms with Crippen LogP contribution in [0.25, 0.3) is 0 Å². The maximum Gasteiger partial charge on any atom is 0.234 e. The number of hydrogen-bond acceptors (Lipinski definition) is 4. The van der Waals surface area contributed by atoms with Crippen molar-refractivity contribution in [1.29, 1.82) is 0 Å². The van der Waals surface area contributed by atoms with Crippen LogP contribution < -0.4 is 10.6 Å². The summed E-state index contributed by atoms with van der Waals surface area (Å²) < 4.78 is 4.92. The number of rotatable bonds is 6. The molecule has 1 heterocycles. The Morgan fingerprint density at radius 1 is 1.62 bits per heavy atom. The predicted molar refractivity (Wildman–Crippen MR) is 63.4 cm³/mol. The van der Waals surface area contributed by atoms with Crippen LogP contribution in [0, 0.1) is 0 Å². The van der Waals surface area contributed by atoms with E-state index in [0.717, 1.165) is 26.1 Å². The fraction of sp³-hybridized carbons (Fsp3) is 0.909. The number of hydrogen-bond donors (Lipinski definition) is 2. The summed E-state index contributed by atoms with van der Waals surface area (Å²) in [5.41, 5.74) is 0. The van der Waals surface area contributed by atoms with E-state index in [-0.39, 0.29) is 5.91 Å². The fourth-order valence-corrected chi connectivity index (χ4v) is 1.80. The minimum Gasteiger partial charge on any atom is -0.385 e. The highest BCUT2D eigenvalue weighted by Crippen LogP contribution is 2.00. The molecule has 0 bridgehead atoms. The summed E-state index contributed by atoms with van der Waals surface area (Å²) in [5.74, 6) is 0.116. The number of carbonyl (C=O) groups is 1. The van der Waals surface area contributed by atoms with E-state index in [1.807, 2.05) is 0 Å². The number of ether oxygens (including phenoxy) is 1. The average molecular weight is 229 g/mol. The normalized spacial score (nSPS) is 22.0. The molecule has 1 aliphatic rings. The van der Waals surface area contributed by atoms with E-state index in [0.29, 0.717) is 25.7 Å². The highest BCUT2D eigenvalue weighted by molar-refractivity contribution is 5.78. The van der Waals surface area contributed by atoms with Gasteiger partial charge in [0.25, 0.3) is 0 Å². The summed E-state index contributed by atoms with van der Waals surface area (Å²) in [6.07, 6.45) is 0.874. The van der Waals surface area contributed by atoms with Crippen molar-refractivity contribution in [3.8, 4) is 0 Å². The van der Waals surface area contributed by atoms with Gasteiger partial charge < -0.3 is 15.4 Å². The summed E-state index contributed by atoms with van der Waals surface area (Å²) in [7, 11) is 1.67. The monoisotopic (exact) mass is 229 g/mol. The maximum absolute atomic E-state index is 11.6. The molecule has 0 aromatic heterocycles. The van der Waals surface area contributed by atoms with Gasteiger partial charge in [-0.1, -0.05) is 0 Å². The van der Waals surface area contributed by atoms with E-state index in [9.17, 15) is 4.79 Å². The predicted octanol–water partition coefficient (Wildman–Crippen LogP) is -0.567. The number of nitrogens with one attached hydrogen (secondary N) is 2. The van der Waals surface area contributed by atoms with Crippen LogP contribution in [0.2, 0.25) is 0 Å². The third-order valence-electron chi connectivity index (χ3n) is 2.83. The second kappa shape index (κ2) is 7.60. The first kappa shape index (κ1) is 13.4. The third-order valence-corrected chi connectivity index (χ3v) is 2.83. The van der Waals surface area contributed by atoms with E-state index < -0.39 is 0 Å². The van der Waals surface area contributed by atoms with Crippen molar-refractivity contribution < 1.29 is 9.53 Å². The standard InChI is InChI=1S/C11H23N3O2/c1-10-8-12-5-6-14(10)9-11(15)13-4-3-7-16-2/h10,12H,3-9H2,1-2H3,(H,13,15). The van der Waals surface area contributed by atoms with Crippen LogP contribution in [0.3, 0.4) is 0 Å². The van der Waals surface area contributed by atoms with Gasteiger partial charge in [-0.05, 0) is 13.3 Å². The van der Waals surface area contributed by atoms with Crippen LogP contribution in [-0.2, 0) is 9.53 Å². The molecule has 1 unspecified atom stereocenters. The first-order chi connectivity index (χ1) is 7.74. The van der Waals surface area contributed by atoms with E-state index in [1.165, 1.54) is 0 Å². The van der Waals surface area contributed by atoms with Crippen molar-refractivity contribution in [2.75, 3.05) is 46.4 Å². The molecular weight excluding hydrogens is 206 g/mol. The van der Waals surface area contributed by atoms with Crippen LogP contribution >= 0.6 is 0 Å². The first-order valence-electron chi connectivity index (χ1n) is 5.94. The Balaban J connectivity index is 2.12. The number of carbonyl (C=O) groups excluding carboxylic acids is 1. The van der Waals surface area contributed by atoms with Crippen LogP contribution in [0.15, 0.2) is 0 Å². The van der Waals surface area contributed by atoms with Gasteiger partial charge >= 0.3 is 0 Å². The molecular formula is C11H23N3O2. The molecule has 1 atom stereocenters. The molecule has 0 aromatic carbocycles. The number of nitrogens with zero attached hydrogens (tertiary/aromatic N) is 1. The average Bonchev–Trinajstić information content (AvgIpc) is 2.28. The lowest BCUT2D eigenvalue weighted by molar-refractivity contribution is -0.122. The lowest BCUT2D eigenvalue weighted by atomic mass is 10.2. The third kappa shape index (κ3) is 4.92. The summed E-state index contributed by atoms with van der Waals surface area (Å²) in [6.45, 7) is 6.95. The fourth-order valence-electron chi connectivity index (χ4n) is 1.80. The summed E-state index contributed by atoms with van der Waals surface area (Å²) in [4.78, 5) is 13.8. The smallest absolute Gasteiger partial charge is 0.234 e. The quantitative estimate of drug-likeness (QED) is 0.599. The van der Waals surface area contributed by atoms with E-state index in [4.69, 9.17) is 4.74 Å². The van der Waals surface area contributed by atoms with Gasteiger partial charge in [0.05, 0.1) is 6.54 Å². The molecule has 1 saturated heterocycles. The Bertz CT molecular complexity index is 211. The molecule has 1 rings (SSSR count). The van der Waals surface area contributed by atoms with Gasteiger partial charge in [-0.3, -0.25) is 9.69 Å². The van der Waals surface area contributed by atoms with E-state index >= 15 is 0 Å². The Morgan fingerprint density at radius 2 is 2.44 bits per heavy atom. The molecule has 1 amide bonds. The second-order valence-corrected chi connectivity index (χ2v) is 4.22. The summed E-state index contributed by atoms with van der Waals surface area (Å²) in [6, 6.07) is 0.443. The van der Waals surface area contributed by atoms with Crippen LogP contribution in [-0.4, -0.2) is 63.3 Å². The number of amides is 1. The minimum absolute atomic E-state index is 0.116. The lowest BCUT2D eigenvalue weighted by Gasteiger charge is -2.33. The van der Waals surface area contributed by atoms with Gasteiger partial charge in [0.15, 0.2) is 0 Å². The van der Waals surface area contributed by atoms with Crippen molar-refractivity contribution in [3.63, 3.8) is 0 Å². The molecule has 1 fully saturated rings. The van der Waals surface area contributed by atoms with Crippen molar-refractivity contribution in [3.05, 3.63) is 0 Å². The van der Waals surface area contributed by atoms with E-state index in [2.05, 4.69) is 22.5 Å². The topological polar surface area (TPSA) is 53.6 Å². The van der Waals surface area contributed by atoms with Crippen LogP contribution in [0.5, 0.6) is 0 Å². The zero-order chi connectivity index (χ0) is 11.8. The lowest BCUT2D eigenvalue weighted by Crippen LogP contribution is -2.52. The molecule has 16 heavy (non-hydrogen) atoms. The number of methoxy groups -OCH3 is 1. The maximum atomic E-state index is 11.6. The van der Waals surface area contributed by atoms with Gasteiger partial charge in [0.2, 0.25) is 5.91 Å². The van der Waals surface area contributed by atoms with Gasteiger partial charge in [-0.2, -0.15) is 0 Å². The molecule has 1 aliphatic heterocycles. The van der Waals surface area contributed by atoms with Crippen molar-refractivity contribution in [2.24, 2.45) is 0 Å². The molecule has 94 valence electrons. The highest BCUT2D eigenvalue weighted by atomic mass is 16.5.